The third-order valence-corrected chi connectivity index (χ3v) is 0.431. The third-order valence-electron chi connectivity index (χ3n) is 0.431. The normalized spacial score (nSPS) is 6.00. The molecule has 0 unspecified atom stereocenters. The maximum absolute atomic E-state index is 3.62. The van der Waals surface area contributed by atoms with E-state index in [9.17, 15) is 0 Å². The van der Waals surface area contributed by atoms with Crippen molar-refractivity contribution >= 4 is 23.1 Å². The average Bonchev–Trinajstić information content (AvgIpc) is 1.72. The van der Waals surface area contributed by atoms with Crippen LogP contribution in [0.15, 0.2) is 18.7 Å². The minimum Gasteiger partial charge on any atom is -1.00 e. The van der Waals surface area contributed by atoms with Crippen LogP contribution in [0.1, 0.15) is 0 Å². The Morgan fingerprint density at radius 1 is 1.12 bits per heavy atom. The van der Waals surface area contributed by atoms with Crippen LogP contribution in [0.4, 0.5) is 0 Å². The van der Waals surface area contributed by atoms with Crippen molar-refractivity contribution in [1.82, 2.24) is 9.97 Å². The molecule has 0 spiro atoms. The van der Waals surface area contributed by atoms with Crippen LogP contribution in [0, 0.1) is 6.07 Å². The van der Waals surface area contributed by atoms with E-state index in [1.54, 1.807) is 12.4 Å². The van der Waals surface area contributed by atoms with Gasteiger partial charge in [-0.05, 0) is 0 Å². The van der Waals surface area contributed by atoms with E-state index in [1.165, 1.54) is 6.33 Å². The van der Waals surface area contributed by atoms with Crippen molar-refractivity contribution in [3.05, 3.63) is 24.8 Å². The number of aromatic nitrogens is 2. The summed E-state index contributed by atoms with van der Waals surface area (Å²) in [5.74, 6) is 0. The monoisotopic (exact) mass is 182 g/mol. The number of hydrogen-bond acceptors (Lipinski definition) is 2. The van der Waals surface area contributed by atoms with Crippen molar-refractivity contribution in [3.63, 3.8) is 0 Å². The second kappa shape index (κ2) is 7.33. The molecule has 0 saturated carbocycles. The predicted octanol–water partition coefficient (Wildman–Crippen LogP) is -3.10. The molecule has 0 radical (unpaired) electrons. The van der Waals surface area contributed by atoms with Crippen LogP contribution in [0.2, 0.25) is 0 Å². The molecule has 0 atom stereocenters. The Labute approximate surface area is 74.7 Å². The summed E-state index contributed by atoms with van der Waals surface area (Å²) in [4.78, 5) is 7.24. The molecule has 1 aromatic rings. The SMILES string of the molecule is [Br-].[Mg+2].[c-]1cncnc1. The second-order valence-electron chi connectivity index (χ2n) is 0.838. The van der Waals surface area contributed by atoms with E-state index in [2.05, 4.69) is 16.0 Å². The summed E-state index contributed by atoms with van der Waals surface area (Å²) >= 11 is 0. The van der Waals surface area contributed by atoms with E-state index in [0.29, 0.717) is 0 Å². The fraction of sp³-hybridized carbons (Fsp3) is 0. The smallest absolute Gasteiger partial charge is 1.00 e. The van der Waals surface area contributed by atoms with Crippen molar-refractivity contribution in [2.75, 3.05) is 0 Å². The molecular formula is C4H3BrMgN2. The average molecular weight is 183 g/mol. The van der Waals surface area contributed by atoms with Crippen molar-refractivity contribution in [2.24, 2.45) is 0 Å². The van der Waals surface area contributed by atoms with Gasteiger partial charge in [-0.1, -0.05) is 0 Å². The first-order valence-corrected chi connectivity index (χ1v) is 1.61. The zero-order valence-electron chi connectivity index (χ0n) is 4.21. The number of rotatable bonds is 0. The Hall–Kier alpha value is 0.326. The van der Waals surface area contributed by atoms with Gasteiger partial charge in [0.05, 0.1) is 0 Å². The molecule has 0 amide bonds. The van der Waals surface area contributed by atoms with E-state index in [-0.39, 0.29) is 40.0 Å². The van der Waals surface area contributed by atoms with Crippen molar-refractivity contribution < 1.29 is 17.0 Å². The molecular weight excluding hydrogens is 180 g/mol. The Kier molecular flexibility index (Phi) is 10.2. The molecule has 0 aliphatic rings. The maximum Gasteiger partial charge on any atom is 2.00 e. The van der Waals surface area contributed by atoms with E-state index < -0.39 is 0 Å². The number of halogens is 1. The van der Waals surface area contributed by atoms with Crippen molar-refractivity contribution in [1.29, 1.82) is 0 Å². The quantitative estimate of drug-likeness (QED) is 0.314. The first-order valence-electron chi connectivity index (χ1n) is 1.61. The summed E-state index contributed by atoms with van der Waals surface area (Å²) in [6.07, 6.45) is 4.59. The van der Waals surface area contributed by atoms with Gasteiger partial charge < -0.3 is 23.0 Å². The summed E-state index contributed by atoms with van der Waals surface area (Å²) in [5.41, 5.74) is 0. The Bertz CT molecular complexity index is 86.0. The minimum absolute atomic E-state index is 0. The minimum atomic E-state index is 0. The molecule has 0 N–H and O–H groups in total. The summed E-state index contributed by atoms with van der Waals surface area (Å²) in [7, 11) is 0. The summed E-state index contributed by atoms with van der Waals surface area (Å²) in [6.45, 7) is 0. The largest absolute Gasteiger partial charge is 2.00 e. The first kappa shape index (κ1) is 11.2. The van der Waals surface area contributed by atoms with E-state index in [4.69, 9.17) is 0 Å². The predicted molar refractivity (Wildman–Crippen MR) is 26.6 cm³/mol. The van der Waals surface area contributed by atoms with E-state index in [0.717, 1.165) is 0 Å². The van der Waals surface area contributed by atoms with Crippen molar-refractivity contribution in [3.8, 4) is 0 Å². The van der Waals surface area contributed by atoms with Crippen LogP contribution < -0.4 is 17.0 Å². The fourth-order valence-electron chi connectivity index (χ4n) is 0.225. The molecule has 4 heteroatoms. The molecule has 0 aliphatic heterocycles. The van der Waals surface area contributed by atoms with Crippen LogP contribution in [0.5, 0.6) is 0 Å². The van der Waals surface area contributed by atoms with Crippen LogP contribution in [0.25, 0.3) is 0 Å². The van der Waals surface area contributed by atoms with Gasteiger partial charge in [-0.2, -0.15) is 0 Å². The second-order valence-corrected chi connectivity index (χ2v) is 0.838. The van der Waals surface area contributed by atoms with Gasteiger partial charge in [0, 0.05) is 0 Å². The van der Waals surface area contributed by atoms with Gasteiger partial charge in [0.25, 0.3) is 0 Å². The van der Waals surface area contributed by atoms with Crippen LogP contribution in [0.3, 0.4) is 0 Å². The standard InChI is InChI=1S/C4H3N2.BrH.Mg/c1-2-5-4-6-3-1;;/h2-4H;1H;/q-1;;+2/p-1. The molecule has 0 aliphatic carbocycles. The topological polar surface area (TPSA) is 25.8 Å². The molecule has 8 heavy (non-hydrogen) atoms. The summed E-state index contributed by atoms with van der Waals surface area (Å²) in [6, 6.07) is 2.67. The van der Waals surface area contributed by atoms with E-state index in [1.807, 2.05) is 0 Å². The van der Waals surface area contributed by atoms with Gasteiger partial charge >= 0.3 is 23.1 Å². The van der Waals surface area contributed by atoms with Gasteiger partial charge in [0.15, 0.2) is 0 Å². The van der Waals surface area contributed by atoms with Gasteiger partial charge in [0.1, 0.15) is 6.33 Å². The van der Waals surface area contributed by atoms with Crippen LogP contribution >= 0.6 is 0 Å². The third kappa shape index (κ3) is 4.48. The van der Waals surface area contributed by atoms with Crippen molar-refractivity contribution in [2.45, 2.75) is 0 Å². The number of hydrogen-bond donors (Lipinski definition) is 0. The zero-order valence-corrected chi connectivity index (χ0v) is 7.21. The number of nitrogens with zero attached hydrogens (tertiary/aromatic N) is 2. The molecule has 0 aromatic carbocycles. The molecule has 0 saturated heterocycles. The molecule has 0 fully saturated rings. The molecule has 0 bridgehead atoms. The van der Waals surface area contributed by atoms with E-state index >= 15 is 0 Å². The van der Waals surface area contributed by atoms with Gasteiger partial charge in [-0.15, -0.1) is 12.4 Å². The Morgan fingerprint density at radius 3 is 1.75 bits per heavy atom. The van der Waals surface area contributed by atoms with Gasteiger partial charge in [-0.25, -0.2) is 0 Å². The molecule has 2 nitrogen and oxygen atoms in total. The van der Waals surface area contributed by atoms with Crippen LogP contribution in [-0.4, -0.2) is 33.0 Å². The summed E-state index contributed by atoms with van der Waals surface area (Å²) in [5, 5.41) is 0. The van der Waals surface area contributed by atoms with Gasteiger partial charge in [0.2, 0.25) is 0 Å². The van der Waals surface area contributed by atoms with Gasteiger partial charge in [-0.3, -0.25) is 9.97 Å². The molecule has 1 aromatic heterocycles. The zero-order chi connectivity index (χ0) is 4.24. The molecule has 38 valence electrons. The Balaban J connectivity index is 0. The maximum atomic E-state index is 3.62. The first-order chi connectivity index (χ1) is 3.00. The fourth-order valence-corrected chi connectivity index (χ4v) is 0.225. The summed E-state index contributed by atoms with van der Waals surface area (Å²) < 4.78 is 0. The molecule has 1 heterocycles. The molecule has 1 rings (SSSR count). The Morgan fingerprint density at radius 2 is 1.62 bits per heavy atom. The van der Waals surface area contributed by atoms with Crippen LogP contribution in [-0.2, 0) is 0 Å².